The molecular formula is C16H16O3. The smallest absolute Gasteiger partial charge is 0.335 e. The zero-order chi connectivity index (χ0) is 13.8. The van der Waals surface area contributed by atoms with Crippen LogP contribution < -0.4 is 4.74 Å². The van der Waals surface area contributed by atoms with Crippen LogP contribution in [0.5, 0.6) is 5.75 Å². The van der Waals surface area contributed by atoms with Gasteiger partial charge >= 0.3 is 5.97 Å². The average molecular weight is 256 g/mol. The predicted octanol–water partition coefficient (Wildman–Crippen LogP) is 3.62. The Morgan fingerprint density at radius 1 is 1.21 bits per heavy atom. The minimum Gasteiger partial charge on any atom is -0.497 e. The monoisotopic (exact) mass is 256 g/mol. The maximum atomic E-state index is 11.0. The van der Waals surface area contributed by atoms with E-state index in [-0.39, 0.29) is 0 Å². The summed E-state index contributed by atoms with van der Waals surface area (Å²) >= 11 is 0. The van der Waals surface area contributed by atoms with Gasteiger partial charge in [0.15, 0.2) is 0 Å². The van der Waals surface area contributed by atoms with Crippen LogP contribution in [0.25, 0.3) is 11.1 Å². The standard InChI is InChI=1S/C16H16O3/c1-3-11-10-14(19-2)7-8-15(11)12-5-4-6-13(9-12)16(17)18/h4-10H,3H2,1-2H3,(H,17,18). The Morgan fingerprint density at radius 3 is 2.63 bits per heavy atom. The number of carboxylic acid groups (broad SMARTS) is 1. The van der Waals surface area contributed by atoms with E-state index < -0.39 is 5.97 Å². The van der Waals surface area contributed by atoms with Crippen LogP contribution in [-0.4, -0.2) is 18.2 Å². The number of carbonyl (C=O) groups is 1. The zero-order valence-electron chi connectivity index (χ0n) is 11.0. The molecule has 0 atom stereocenters. The fraction of sp³-hybridized carbons (Fsp3) is 0.188. The highest BCUT2D eigenvalue weighted by Crippen LogP contribution is 2.28. The van der Waals surface area contributed by atoms with Crippen molar-refractivity contribution < 1.29 is 14.6 Å². The summed E-state index contributed by atoms with van der Waals surface area (Å²) in [6, 6.07) is 12.8. The van der Waals surface area contributed by atoms with Crippen molar-refractivity contribution in [1.82, 2.24) is 0 Å². The molecule has 0 aliphatic carbocycles. The van der Waals surface area contributed by atoms with Gasteiger partial charge < -0.3 is 9.84 Å². The maximum absolute atomic E-state index is 11.0. The van der Waals surface area contributed by atoms with E-state index in [9.17, 15) is 4.79 Å². The SMILES string of the molecule is CCc1cc(OC)ccc1-c1cccc(C(=O)O)c1. The lowest BCUT2D eigenvalue weighted by molar-refractivity contribution is 0.0697. The van der Waals surface area contributed by atoms with E-state index >= 15 is 0 Å². The van der Waals surface area contributed by atoms with Crippen molar-refractivity contribution in [2.24, 2.45) is 0 Å². The van der Waals surface area contributed by atoms with Gasteiger partial charge in [0.1, 0.15) is 5.75 Å². The third-order valence-electron chi connectivity index (χ3n) is 3.11. The number of carboxylic acids is 1. The van der Waals surface area contributed by atoms with E-state index in [0.29, 0.717) is 5.56 Å². The predicted molar refractivity (Wildman–Crippen MR) is 74.8 cm³/mol. The molecule has 2 rings (SSSR count). The third-order valence-corrected chi connectivity index (χ3v) is 3.11. The van der Waals surface area contributed by atoms with Crippen LogP contribution in [0.2, 0.25) is 0 Å². The van der Waals surface area contributed by atoms with Gasteiger partial charge in [-0.05, 0) is 47.4 Å². The van der Waals surface area contributed by atoms with Crippen LogP contribution in [0.15, 0.2) is 42.5 Å². The summed E-state index contributed by atoms with van der Waals surface area (Å²) in [5.41, 5.74) is 3.41. The first kappa shape index (κ1) is 13.1. The molecule has 0 aliphatic heterocycles. The Kier molecular flexibility index (Phi) is 3.85. The van der Waals surface area contributed by atoms with Crippen molar-refractivity contribution >= 4 is 5.97 Å². The summed E-state index contributed by atoms with van der Waals surface area (Å²) in [6.45, 7) is 2.07. The summed E-state index contributed by atoms with van der Waals surface area (Å²) in [7, 11) is 1.64. The number of aryl methyl sites for hydroxylation is 1. The molecule has 0 saturated heterocycles. The van der Waals surface area contributed by atoms with Crippen molar-refractivity contribution in [3.8, 4) is 16.9 Å². The minimum atomic E-state index is -0.909. The van der Waals surface area contributed by atoms with Crippen molar-refractivity contribution in [1.29, 1.82) is 0 Å². The molecule has 0 unspecified atom stereocenters. The molecule has 0 aliphatic rings. The maximum Gasteiger partial charge on any atom is 0.335 e. The first-order valence-electron chi connectivity index (χ1n) is 6.16. The Labute approximate surface area is 112 Å². The molecule has 3 nitrogen and oxygen atoms in total. The Balaban J connectivity index is 2.52. The van der Waals surface area contributed by atoms with Crippen molar-refractivity contribution in [2.45, 2.75) is 13.3 Å². The highest BCUT2D eigenvalue weighted by atomic mass is 16.5. The molecule has 1 N–H and O–H groups in total. The largest absolute Gasteiger partial charge is 0.497 e. The quantitative estimate of drug-likeness (QED) is 0.908. The lowest BCUT2D eigenvalue weighted by Gasteiger charge is -2.11. The fourth-order valence-corrected chi connectivity index (χ4v) is 2.09. The normalized spacial score (nSPS) is 10.2. The van der Waals surface area contributed by atoms with E-state index in [1.54, 1.807) is 25.3 Å². The van der Waals surface area contributed by atoms with Crippen LogP contribution in [0.1, 0.15) is 22.8 Å². The van der Waals surface area contributed by atoms with Crippen LogP contribution >= 0.6 is 0 Å². The molecule has 0 amide bonds. The fourth-order valence-electron chi connectivity index (χ4n) is 2.09. The number of hydrogen-bond acceptors (Lipinski definition) is 2. The second-order valence-corrected chi connectivity index (χ2v) is 4.26. The summed E-state index contributed by atoms with van der Waals surface area (Å²) in [5, 5.41) is 9.04. The summed E-state index contributed by atoms with van der Waals surface area (Å²) in [5.74, 6) is -0.0941. The average Bonchev–Trinajstić information content (AvgIpc) is 2.46. The molecule has 0 bridgehead atoms. The lowest BCUT2D eigenvalue weighted by atomic mass is 9.96. The van der Waals surface area contributed by atoms with E-state index in [4.69, 9.17) is 9.84 Å². The number of benzene rings is 2. The van der Waals surface area contributed by atoms with Crippen LogP contribution in [0, 0.1) is 0 Å². The van der Waals surface area contributed by atoms with Crippen molar-refractivity contribution in [2.75, 3.05) is 7.11 Å². The molecule has 0 radical (unpaired) electrons. The first-order chi connectivity index (χ1) is 9.15. The Morgan fingerprint density at radius 2 is 2.00 bits per heavy atom. The summed E-state index contributed by atoms with van der Waals surface area (Å²) in [4.78, 5) is 11.0. The summed E-state index contributed by atoms with van der Waals surface area (Å²) < 4.78 is 5.22. The van der Waals surface area contributed by atoms with E-state index in [1.807, 2.05) is 24.3 Å². The van der Waals surface area contributed by atoms with Gasteiger partial charge in [0, 0.05) is 0 Å². The number of aromatic carboxylic acids is 1. The topological polar surface area (TPSA) is 46.5 Å². The molecule has 0 spiro atoms. The molecule has 3 heteroatoms. The Bertz CT molecular complexity index is 603. The van der Waals surface area contributed by atoms with Crippen molar-refractivity contribution in [3.63, 3.8) is 0 Å². The highest BCUT2D eigenvalue weighted by Gasteiger charge is 2.08. The van der Waals surface area contributed by atoms with E-state index in [2.05, 4.69) is 6.92 Å². The number of ether oxygens (including phenoxy) is 1. The molecule has 0 fully saturated rings. The number of methoxy groups -OCH3 is 1. The Hall–Kier alpha value is -2.29. The highest BCUT2D eigenvalue weighted by molar-refractivity contribution is 5.89. The third kappa shape index (κ3) is 2.76. The zero-order valence-corrected chi connectivity index (χ0v) is 11.0. The molecule has 19 heavy (non-hydrogen) atoms. The van der Waals surface area contributed by atoms with E-state index in [0.717, 1.165) is 28.9 Å². The second kappa shape index (κ2) is 5.57. The van der Waals surface area contributed by atoms with Gasteiger partial charge in [0.05, 0.1) is 12.7 Å². The summed E-state index contributed by atoms with van der Waals surface area (Å²) in [6.07, 6.45) is 0.865. The van der Waals surface area contributed by atoms with Gasteiger partial charge in [-0.2, -0.15) is 0 Å². The van der Waals surface area contributed by atoms with Gasteiger partial charge in [-0.1, -0.05) is 25.1 Å². The van der Waals surface area contributed by atoms with Gasteiger partial charge in [0.25, 0.3) is 0 Å². The van der Waals surface area contributed by atoms with Crippen molar-refractivity contribution in [3.05, 3.63) is 53.6 Å². The molecule has 2 aromatic rings. The van der Waals surface area contributed by atoms with Crippen LogP contribution in [-0.2, 0) is 6.42 Å². The molecule has 0 heterocycles. The first-order valence-corrected chi connectivity index (χ1v) is 6.16. The molecule has 2 aromatic carbocycles. The van der Waals surface area contributed by atoms with Crippen LogP contribution in [0.3, 0.4) is 0 Å². The molecule has 98 valence electrons. The van der Waals surface area contributed by atoms with Crippen LogP contribution in [0.4, 0.5) is 0 Å². The van der Waals surface area contributed by atoms with Gasteiger partial charge in [-0.3, -0.25) is 0 Å². The van der Waals surface area contributed by atoms with Gasteiger partial charge in [-0.15, -0.1) is 0 Å². The molecule has 0 aromatic heterocycles. The van der Waals surface area contributed by atoms with Gasteiger partial charge in [-0.25, -0.2) is 4.79 Å². The minimum absolute atomic E-state index is 0.301. The molecule has 0 saturated carbocycles. The van der Waals surface area contributed by atoms with Gasteiger partial charge in [0.2, 0.25) is 0 Å². The number of hydrogen-bond donors (Lipinski definition) is 1. The number of rotatable bonds is 4. The lowest BCUT2D eigenvalue weighted by Crippen LogP contribution is -1.97. The van der Waals surface area contributed by atoms with E-state index in [1.165, 1.54) is 0 Å². The molecular weight excluding hydrogens is 240 g/mol. The second-order valence-electron chi connectivity index (χ2n) is 4.26.